The molecule has 1 aromatic carbocycles. The Balaban J connectivity index is 2.72. The average Bonchev–Trinajstić information content (AvgIpc) is 2.19. The molecule has 0 atom stereocenters. The van der Waals surface area contributed by atoms with Gasteiger partial charge in [-0.15, -0.1) is 0 Å². The lowest BCUT2D eigenvalue weighted by molar-refractivity contribution is 0.415. The van der Waals surface area contributed by atoms with Crippen LogP contribution in [0.3, 0.4) is 0 Å². The number of thiocyanates is 1. The normalized spacial score (nSPS) is 8.00. The minimum Gasteiger partial charge on any atom is -0.497 e. The molecule has 0 spiro atoms. The molecule has 0 bridgehead atoms. The smallest absolute Gasteiger partial charge is 0.147 e. The van der Waals surface area contributed by atoms with Gasteiger partial charge in [-0.25, -0.2) is 0 Å². The molecule has 0 heterocycles. The second kappa shape index (κ2) is 5.13. The minimum atomic E-state index is 0.804. The van der Waals surface area contributed by atoms with Crippen molar-refractivity contribution in [2.45, 2.75) is 0 Å². The Hall–Kier alpha value is -1.58. The monoisotopic (exact) mass is 189 g/mol. The van der Waals surface area contributed by atoms with Crippen LogP contribution < -0.4 is 4.74 Å². The summed E-state index contributed by atoms with van der Waals surface area (Å²) < 4.78 is 4.99. The molecule has 0 amide bonds. The summed E-state index contributed by atoms with van der Waals surface area (Å²) in [6.45, 7) is 0. The van der Waals surface area contributed by atoms with Crippen LogP contribution in [0.2, 0.25) is 0 Å². The van der Waals surface area contributed by atoms with Gasteiger partial charge < -0.3 is 4.74 Å². The molecule has 0 aliphatic heterocycles. The first-order chi connectivity index (χ1) is 6.36. The van der Waals surface area contributed by atoms with Gasteiger partial charge in [0, 0.05) is 17.3 Å². The number of thioether (sulfide) groups is 1. The van der Waals surface area contributed by atoms with Crippen molar-refractivity contribution >= 4 is 11.8 Å². The van der Waals surface area contributed by atoms with Gasteiger partial charge in [0.25, 0.3) is 0 Å². The number of hydrogen-bond acceptors (Lipinski definition) is 3. The quantitative estimate of drug-likeness (QED) is 0.501. The molecule has 2 nitrogen and oxygen atoms in total. The summed E-state index contributed by atoms with van der Waals surface area (Å²) in [5.74, 6) is 3.64. The zero-order valence-electron chi connectivity index (χ0n) is 7.07. The lowest BCUT2D eigenvalue weighted by atomic mass is 10.2. The molecule has 0 aliphatic carbocycles. The van der Waals surface area contributed by atoms with Crippen LogP contribution in [0, 0.1) is 21.8 Å². The molecule has 0 fully saturated rings. The highest BCUT2D eigenvalue weighted by Gasteiger charge is 1.88. The van der Waals surface area contributed by atoms with Crippen LogP contribution in [-0.2, 0) is 0 Å². The van der Waals surface area contributed by atoms with Crippen molar-refractivity contribution in [1.82, 2.24) is 0 Å². The maximum atomic E-state index is 8.22. The maximum absolute atomic E-state index is 8.22. The minimum absolute atomic E-state index is 0.804. The fraction of sp³-hybridized carbons (Fsp3) is 0.100. The molecule has 13 heavy (non-hydrogen) atoms. The van der Waals surface area contributed by atoms with Crippen LogP contribution in [-0.4, -0.2) is 7.11 Å². The number of rotatable bonds is 1. The predicted octanol–water partition coefficient (Wildman–Crippen LogP) is 2.22. The van der Waals surface area contributed by atoms with Crippen LogP contribution in [0.25, 0.3) is 0 Å². The lowest BCUT2D eigenvalue weighted by Gasteiger charge is -1.96. The second-order valence-electron chi connectivity index (χ2n) is 2.15. The summed E-state index contributed by atoms with van der Waals surface area (Å²) >= 11 is 0.926. The maximum Gasteiger partial charge on any atom is 0.147 e. The van der Waals surface area contributed by atoms with Crippen molar-refractivity contribution in [3.05, 3.63) is 29.8 Å². The molecule has 0 saturated heterocycles. The fourth-order valence-electron chi connectivity index (χ4n) is 0.782. The van der Waals surface area contributed by atoms with E-state index in [0.29, 0.717) is 0 Å². The first-order valence-electron chi connectivity index (χ1n) is 3.57. The van der Waals surface area contributed by atoms with Crippen LogP contribution in [0.15, 0.2) is 24.3 Å². The van der Waals surface area contributed by atoms with Gasteiger partial charge in [0.15, 0.2) is 0 Å². The van der Waals surface area contributed by atoms with E-state index in [1.165, 1.54) is 0 Å². The van der Waals surface area contributed by atoms with E-state index in [1.807, 2.05) is 29.7 Å². The van der Waals surface area contributed by atoms with Crippen LogP contribution in [0.1, 0.15) is 5.56 Å². The van der Waals surface area contributed by atoms with Gasteiger partial charge in [0.2, 0.25) is 0 Å². The van der Waals surface area contributed by atoms with E-state index in [-0.39, 0.29) is 0 Å². The number of nitrogens with zero attached hydrogens (tertiary/aromatic N) is 1. The van der Waals surface area contributed by atoms with Crippen molar-refractivity contribution in [3.63, 3.8) is 0 Å². The van der Waals surface area contributed by atoms with E-state index in [9.17, 15) is 0 Å². The van der Waals surface area contributed by atoms with Crippen molar-refractivity contribution in [3.8, 4) is 22.3 Å². The van der Waals surface area contributed by atoms with Gasteiger partial charge in [-0.3, -0.25) is 0 Å². The number of hydrogen-bond donors (Lipinski definition) is 0. The van der Waals surface area contributed by atoms with E-state index in [4.69, 9.17) is 10.00 Å². The third-order valence-electron chi connectivity index (χ3n) is 1.38. The number of nitriles is 1. The molecule has 0 N–H and O–H groups in total. The zero-order valence-corrected chi connectivity index (χ0v) is 7.89. The number of ether oxygens (including phenoxy) is 1. The van der Waals surface area contributed by atoms with E-state index in [2.05, 4.69) is 11.2 Å². The van der Waals surface area contributed by atoms with Crippen LogP contribution >= 0.6 is 11.8 Å². The van der Waals surface area contributed by atoms with Gasteiger partial charge in [-0.05, 0) is 29.5 Å². The Bertz CT molecular complexity index is 367. The highest BCUT2D eigenvalue weighted by atomic mass is 32.2. The number of methoxy groups -OCH3 is 1. The van der Waals surface area contributed by atoms with Crippen molar-refractivity contribution in [1.29, 1.82) is 5.26 Å². The van der Waals surface area contributed by atoms with E-state index < -0.39 is 0 Å². The summed E-state index contributed by atoms with van der Waals surface area (Å²) in [4.78, 5) is 0. The van der Waals surface area contributed by atoms with Crippen molar-refractivity contribution in [2.75, 3.05) is 7.11 Å². The molecule has 0 radical (unpaired) electrons. The molecule has 0 saturated carbocycles. The van der Waals surface area contributed by atoms with E-state index >= 15 is 0 Å². The molecule has 1 rings (SSSR count). The number of benzene rings is 1. The second-order valence-corrected chi connectivity index (χ2v) is 2.74. The fourth-order valence-corrected chi connectivity index (χ4v) is 0.996. The zero-order chi connectivity index (χ0) is 9.52. The Labute approximate surface area is 81.5 Å². The van der Waals surface area contributed by atoms with Crippen molar-refractivity contribution in [2.24, 2.45) is 0 Å². The summed E-state index contributed by atoms with van der Waals surface area (Å²) in [6, 6.07) is 7.37. The molecule has 0 unspecified atom stereocenters. The molecule has 64 valence electrons. The molecular formula is C10H7NOS. The highest BCUT2D eigenvalue weighted by Crippen LogP contribution is 2.10. The first kappa shape index (κ1) is 9.51. The topological polar surface area (TPSA) is 33.0 Å². The van der Waals surface area contributed by atoms with Crippen LogP contribution in [0.4, 0.5) is 0 Å². The summed E-state index contributed by atoms with van der Waals surface area (Å²) in [5, 5.41) is 12.7. The highest BCUT2D eigenvalue weighted by molar-refractivity contribution is 8.08. The first-order valence-corrected chi connectivity index (χ1v) is 4.38. The summed E-state index contributed by atoms with van der Waals surface area (Å²) in [6.07, 6.45) is 0. The Kier molecular flexibility index (Phi) is 3.75. The summed E-state index contributed by atoms with van der Waals surface area (Å²) in [5.41, 5.74) is 0.878. The molecule has 1 aromatic rings. The van der Waals surface area contributed by atoms with E-state index in [0.717, 1.165) is 23.1 Å². The molecule has 0 aliphatic rings. The standard InChI is InChI=1S/C10H7NOS/c1-12-10-4-2-9(3-5-10)6-7-13-8-11/h2-5H,1H3. The van der Waals surface area contributed by atoms with Crippen LogP contribution in [0.5, 0.6) is 5.75 Å². The Morgan fingerprint density at radius 2 is 2.00 bits per heavy atom. The average molecular weight is 189 g/mol. The van der Waals surface area contributed by atoms with Gasteiger partial charge in [-0.1, -0.05) is 5.92 Å². The molecule has 0 aromatic heterocycles. The van der Waals surface area contributed by atoms with Crippen molar-refractivity contribution < 1.29 is 4.74 Å². The SMILES string of the molecule is COc1ccc(C#CSC#N)cc1. The van der Waals surface area contributed by atoms with Gasteiger partial charge in [-0.2, -0.15) is 5.26 Å². The predicted molar refractivity (Wildman–Crippen MR) is 53.1 cm³/mol. The Morgan fingerprint density at radius 3 is 2.54 bits per heavy atom. The third kappa shape index (κ3) is 3.11. The molecular weight excluding hydrogens is 182 g/mol. The van der Waals surface area contributed by atoms with Gasteiger partial charge in [0.1, 0.15) is 11.2 Å². The molecule has 3 heteroatoms. The lowest BCUT2D eigenvalue weighted by Crippen LogP contribution is -1.81. The van der Waals surface area contributed by atoms with E-state index in [1.54, 1.807) is 7.11 Å². The Morgan fingerprint density at radius 1 is 1.31 bits per heavy atom. The van der Waals surface area contributed by atoms with Gasteiger partial charge >= 0.3 is 0 Å². The van der Waals surface area contributed by atoms with Gasteiger partial charge in [0.05, 0.1) is 7.11 Å². The largest absolute Gasteiger partial charge is 0.497 e. The summed E-state index contributed by atoms with van der Waals surface area (Å²) in [7, 11) is 1.62. The third-order valence-corrected chi connectivity index (χ3v) is 1.68.